The summed E-state index contributed by atoms with van der Waals surface area (Å²) in [7, 11) is 0. The Balaban J connectivity index is 2.05. The number of pyridine rings is 1. The van der Waals surface area contributed by atoms with Crippen molar-refractivity contribution in [1.29, 1.82) is 0 Å². The summed E-state index contributed by atoms with van der Waals surface area (Å²) in [4.78, 5) is 22.5. The molecule has 0 bridgehead atoms. The van der Waals surface area contributed by atoms with Crippen molar-refractivity contribution in [2.75, 3.05) is 0 Å². The highest BCUT2D eigenvalue weighted by atomic mass is 16.4. The smallest absolute Gasteiger partial charge is 0.303 e. The van der Waals surface area contributed by atoms with Crippen LogP contribution in [0.3, 0.4) is 0 Å². The third-order valence-corrected chi connectivity index (χ3v) is 2.84. The van der Waals surface area contributed by atoms with E-state index in [2.05, 4.69) is 10.4 Å². The molecule has 1 unspecified atom stereocenters. The van der Waals surface area contributed by atoms with Gasteiger partial charge in [0.1, 0.15) is 0 Å². The minimum atomic E-state index is -0.864. The van der Waals surface area contributed by atoms with Gasteiger partial charge >= 0.3 is 5.97 Å². The highest BCUT2D eigenvalue weighted by Crippen LogP contribution is 2.10. The molecule has 0 aromatic carbocycles. The number of amides is 1. The van der Waals surface area contributed by atoms with E-state index in [1.54, 1.807) is 17.6 Å². The van der Waals surface area contributed by atoms with E-state index in [0.717, 1.165) is 5.52 Å². The molecule has 1 amide bonds. The van der Waals surface area contributed by atoms with E-state index in [4.69, 9.17) is 5.11 Å². The minimum Gasteiger partial charge on any atom is -0.481 e. The SMILES string of the molecule is CC(CCC(=O)O)NC(=O)c1cnn2ccccc12. The molecule has 1 atom stereocenters. The van der Waals surface area contributed by atoms with E-state index < -0.39 is 5.97 Å². The summed E-state index contributed by atoms with van der Waals surface area (Å²) in [6.45, 7) is 1.78. The van der Waals surface area contributed by atoms with E-state index in [0.29, 0.717) is 12.0 Å². The van der Waals surface area contributed by atoms with Gasteiger partial charge in [-0.25, -0.2) is 4.52 Å². The third kappa shape index (κ3) is 3.09. The Morgan fingerprint density at radius 3 is 3.00 bits per heavy atom. The normalized spacial score (nSPS) is 12.3. The average Bonchev–Trinajstić information content (AvgIpc) is 2.80. The number of carboxylic acid groups (broad SMARTS) is 1. The molecule has 6 heteroatoms. The molecule has 19 heavy (non-hydrogen) atoms. The molecule has 2 aromatic heterocycles. The van der Waals surface area contributed by atoms with Gasteiger partial charge in [0.15, 0.2) is 0 Å². The average molecular weight is 261 g/mol. The maximum atomic E-state index is 12.1. The van der Waals surface area contributed by atoms with Crippen LogP contribution in [0.15, 0.2) is 30.6 Å². The second-order valence-corrected chi connectivity index (χ2v) is 4.40. The lowest BCUT2D eigenvalue weighted by molar-refractivity contribution is -0.137. The van der Waals surface area contributed by atoms with Crippen LogP contribution in [0.25, 0.3) is 5.52 Å². The molecule has 0 saturated heterocycles. The number of fused-ring (bicyclic) bond motifs is 1. The van der Waals surface area contributed by atoms with Crippen molar-refractivity contribution in [1.82, 2.24) is 14.9 Å². The van der Waals surface area contributed by atoms with Gasteiger partial charge < -0.3 is 10.4 Å². The number of carbonyl (C=O) groups excluding carboxylic acids is 1. The Kier molecular flexibility index (Phi) is 3.79. The van der Waals surface area contributed by atoms with Gasteiger partial charge in [-0.3, -0.25) is 9.59 Å². The summed E-state index contributed by atoms with van der Waals surface area (Å²) in [6, 6.07) is 5.28. The van der Waals surface area contributed by atoms with Crippen LogP contribution < -0.4 is 5.32 Å². The lowest BCUT2D eigenvalue weighted by Crippen LogP contribution is -2.32. The zero-order chi connectivity index (χ0) is 13.8. The summed E-state index contributed by atoms with van der Waals surface area (Å²) in [5.41, 5.74) is 1.22. The molecule has 0 radical (unpaired) electrons. The van der Waals surface area contributed by atoms with Gasteiger partial charge in [-0.15, -0.1) is 0 Å². The first-order valence-electron chi connectivity index (χ1n) is 6.03. The molecule has 0 spiro atoms. The van der Waals surface area contributed by atoms with Crippen molar-refractivity contribution in [3.63, 3.8) is 0 Å². The molecule has 2 rings (SSSR count). The summed E-state index contributed by atoms with van der Waals surface area (Å²) in [6.07, 6.45) is 3.71. The number of hydrogen-bond donors (Lipinski definition) is 2. The Hall–Kier alpha value is -2.37. The quantitative estimate of drug-likeness (QED) is 0.850. The van der Waals surface area contributed by atoms with Gasteiger partial charge in [0, 0.05) is 18.7 Å². The van der Waals surface area contributed by atoms with E-state index in [1.165, 1.54) is 6.20 Å². The molecule has 2 aromatic rings. The van der Waals surface area contributed by atoms with Crippen LogP contribution in [-0.4, -0.2) is 32.6 Å². The number of rotatable bonds is 5. The van der Waals surface area contributed by atoms with Gasteiger partial charge in [0.2, 0.25) is 0 Å². The largest absolute Gasteiger partial charge is 0.481 e. The monoisotopic (exact) mass is 261 g/mol. The number of aliphatic carboxylic acids is 1. The molecule has 0 aliphatic heterocycles. The number of nitrogens with one attached hydrogen (secondary N) is 1. The van der Waals surface area contributed by atoms with Crippen molar-refractivity contribution in [2.45, 2.75) is 25.8 Å². The number of aromatic nitrogens is 2. The van der Waals surface area contributed by atoms with Crippen LogP contribution in [0, 0.1) is 0 Å². The number of hydrogen-bond acceptors (Lipinski definition) is 3. The summed E-state index contributed by atoms with van der Waals surface area (Å²) in [5.74, 6) is -1.10. The first-order chi connectivity index (χ1) is 9.08. The maximum Gasteiger partial charge on any atom is 0.303 e. The van der Waals surface area contributed by atoms with Crippen molar-refractivity contribution in [3.05, 3.63) is 36.2 Å². The molecule has 2 N–H and O–H groups in total. The topological polar surface area (TPSA) is 83.7 Å². The third-order valence-electron chi connectivity index (χ3n) is 2.84. The molecule has 0 aliphatic carbocycles. The summed E-state index contributed by atoms with van der Waals surface area (Å²) in [5, 5.41) is 15.5. The fraction of sp³-hybridized carbons (Fsp3) is 0.308. The Labute approximate surface area is 110 Å². The molecule has 0 aliphatic rings. The zero-order valence-corrected chi connectivity index (χ0v) is 10.5. The van der Waals surface area contributed by atoms with Crippen molar-refractivity contribution >= 4 is 17.4 Å². The van der Waals surface area contributed by atoms with Crippen LogP contribution in [0.2, 0.25) is 0 Å². The predicted octanol–water partition coefficient (Wildman–Crippen LogP) is 1.32. The maximum absolute atomic E-state index is 12.1. The van der Waals surface area contributed by atoms with Crippen LogP contribution in [0.1, 0.15) is 30.1 Å². The molecular formula is C13H15N3O3. The number of carboxylic acids is 1. The number of carbonyl (C=O) groups is 2. The van der Waals surface area contributed by atoms with Gasteiger partial charge in [-0.2, -0.15) is 5.10 Å². The Bertz CT molecular complexity index is 606. The summed E-state index contributed by atoms with van der Waals surface area (Å²) >= 11 is 0. The van der Waals surface area contributed by atoms with Gasteiger partial charge in [0.05, 0.1) is 17.3 Å². The van der Waals surface area contributed by atoms with Crippen LogP contribution in [0.4, 0.5) is 0 Å². The fourth-order valence-electron chi connectivity index (χ4n) is 1.82. The van der Waals surface area contributed by atoms with Gasteiger partial charge in [-0.05, 0) is 25.5 Å². The minimum absolute atomic E-state index is 0.0379. The number of nitrogens with zero attached hydrogens (tertiary/aromatic N) is 2. The zero-order valence-electron chi connectivity index (χ0n) is 10.5. The van der Waals surface area contributed by atoms with E-state index in [-0.39, 0.29) is 18.4 Å². The first kappa shape index (κ1) is 13.1. The van der Waals surface area contributed by atoms with E-state index >= 15 is 0 Å². The second-order valence-electron chi connectivity index (χ2n) is 4.40. The molecular weight excluding hydrogens is 246 g/mol. The van der Waals surface area contributed by atoms with Crippen LogP contribution in [0.5, 0.6) is 0 Å². The van der Waals surface area contributed by atoms with Gasteiger partial charge in [-0.1, -0.05) is 6.07 Å². The molecule has 0 fully saturated rings. The second kappa shape index (κ2) is 5.51. The molecule has 6 nitrogen and oxygen atoms in total. The van der Waals surface area contributed by atoms with Crippen molar-refractivity contribution in [2.24, 2.45) is 0 Å². The standard InChI is InChI=1S/C13H15N3O3/c1-9(5-6-12(17)18)15-13(19)10-8-14-16-7-3-2-4-11(10)16/h2-4,7-9H,5-6H2,1H3,(H,15,19)(H,17,18). The predicted molar refractivity (Wildman–Crippen MR) is 69.0 cm³/mol. The molecule has 0 saturated carbocycles. The first-order valence-corrected chi connectivity index (χ1v) is 6.03. The Morgan fingerprint density at radius 1 is 1.47 bits per heavy atom. The lowest BCUT2D eigenvalue weighted by Gasteiger charge is -2.11. The van der Waals surface area contributed by atoms with Gasteiger partial charge in [0.25, 0.3) is 5.91 Å². The van der Waals surface area contributed by atoms with E-state index in [1.807, 2.05) is 18.2 Å². The lowest BCUT2D eigenvalue weighted by atomic mass is 10.1. The van der Waals surface area contributed by atoms with Crippen LogP contribution >= 0.6 is 0 Å². The van der Waals surface area contributed by atoms with E-state index in [9.17, 15) is 9.59 Å². The fourth-order valence-corrected chi connectivity index (χ4v) is 1.82. The van der Waals surface area contributed by atoms with Crippen molar-refractivity contribution < 1.29 is 14.7 Å². The molecule has 100 valence electrons. The highest BCUT2D eigenvalue weighted by Gasteiger charge is 2.15. The highest BCUT2D eigenvalue weighted by molar-refractivity contribution is 6.00. The molecule has 2 heterocycles. The Morgan fingerprint density at radius 2 is 2.26 bits per heavy atom. The van der Waals surface area contributed by atoms with Crippen LogP contribution in [-0.2, 0) is 4.79 Å². The van der Waals surface area contributed by atoms with Crippen molar-refractivity contribution in [3.8, 4) is 0 Å². The summed E-state index contributed by atoms with van der Waals surface area (Å²) < 4.78 is 1.62.